The zero-order valence-corrected chi connectivity index (χ0v) is 20.7. The fraction of sp³-hybridized carbons (Fsp3) is 0.323. The van der Waals surface area contributed by atoms with Crippen LogP contribution in [0.2, 0.25) is 0 Å². The van der Waals surface area contributed by atoms with Crippen LogP contribution in [0.5, 0.6) is 11.5 Å². The van der Waals surface area contributed by atoms with Crippen molar-refractivity contribution < 1.29 is 9.53 Å². The molecule has 1 aliphatic heterocycles. The maximum Gasteiger partial charge on any atom is 0.223 e. The third-order valence-corrected chi connectivity index (χ3v) is 7.19. The lowest BCUT2D eigenvalue weighted by atomic mass is 9.87. The van der Waals surface area contributed by atoms with Crippen LogP contribution in [-0.2, 0) is 17.8 Å². The van der Waals surface area contributed by atoms with E-state index in [0.717, 1.165) is 56.0 Å². The molecule has 4 aromatic rings. The van der Waals surface area contributed by atoms with Gasteiger partial charge in [-0.2, -0.15) is 0 Å². The molecular weight excluding hydrogens is 432 g/mol. The summed E-state index contributed by atoms with van der Waals surface area (Å²) in [7, 11) is 0. The van der Waals surface area contributed by atoms with Crippen LogP contribution in [0.3, 0.4) is 0 Å². The first-order valence-electron chi connectivity index (χ1n) is 12.9. The number of carbonyl (C=O) groups excluding carboxylic acids is 1. The van der Waals surface area contributed by atoms with Crippen molar-refractivity contribution in [2.45, 2.75) is 52.0 Å². The van der Waals surface area contributed by atoms with E-state index >= 15 is 0 Å². The highest BCUT2D eigenvalue weighted by atomic mass is 16.5. The highest BCUT2D eigenvalue weighted by Crippen LogP contribution is 2.38. The average Bonchev–Trinajstić information content (AvgIpc) is 3.56. The van der Waals surface area contributed by atoms with Crippen LogP contribution in [0.1, 0.15) is 55.7 Å². The first-order valence-corrected chi connectivity index (χ1v) is 12.9. The maximum atomic E-state index is 13.4. The van der Waals surface area contributed by atoms with E-state index in [4.69, 9.17) is 4.74 Å². The molecule has 1 aliphatic rings. The predicted octanol–water partition coefficient (Wildman–Crippen LogP) is 7.16. The number of likely N-dealkylation sites (tertiary alicyclic amines) is 1. The third-order valence-electron chi connectivity index (χ3n) is 7.19. The Balaban J connectivity index is 1.58. The van der Waals surface area contributed by atoms with Gasteiger partial charge in [-0.05, 0) is 67.1 Å². The molecule has 0 aliphatic carbocycles. The highest BCUT2D eigenvalue weighted by Gasteiger charge is 2.27. The summed E-state index contributed by atoms with van der Waals surface area (Å²) in [5.74, 6) is 1.81. The second kappa shape index (κ2) is 10.4. The van der Waals surface area contributed by atoms with Gasteiger partial charge >= 0.3 is 0 Å². The highest BCUT2D eigenvalue weighted by molar-refractivity contribution is 5.89. The van der Waals surface area contributed by atoms with Crippen LogP contribution in [0.15, 0.2) is 79.0 Å². The van der Waals surface area contributed by atoms with Crippen LogP contribution >= 0.6 is 0 Å². The summed E-state index contributed by atoms with van der Waals surface area (Å²) in [6, 6.07) is 24.7. The minimum Gasteiger partial charge on any atom is -0.457 e. The molecule has 1 unspecified atom stereocenters. The molecule has 1 saturated heterocycles. The Morgan fingerprint density at radius 1 is 0.914 bits per heavy atom. The second-order valence-corrected chi connectivity index (χ2v) is 9.37. The fourth-order valence-electron chi connectivity index (χ4n) is 5.37. The van der Waals surface area contributed by atoms with Crippen molar-refractivity contribution in [2.24, 2.45) is 0 Å². The van der Waals surface area contributed by atoms with Gasteiger partial charge in [0.15, 0.2) is 0 Å². The first kappa shape index (κ1) is 23.2. The second-order valence-electron chi connectivity index (χ2n) is 9.37. The molecule has 1 atom stereocenters. The number of hydrogen-bond donors (Lipinski definition) is 0. The lowest BCUT2D eigenvalue weighted by Gasteiger charge is -2.22. The molecule has 0 radical (unpaired) electrons. The molecule has 4 heteroatoms. The quantitative estimate of drug-likeness (QED) is 0.276. The van der Waals surface area contributed by atoms with Crippen molar-refractivity contribution in [1.29, 1.82) is 0 Å². The molecule has 3 aromatic carbocycles. The number of nitrogens with zero attached hydrogens (tertiary/aromatic N) is 2. The largest absolute Gasteiger partial charge is 0.457 e. The molecule has 180 valence electrons. The van der Waals surface area contributed by atoms with Gasteiger partial charge in [-0.1, -0.05) is 55.5 Å². The number of fused-ring (bicyclic) bond motifs is 1. The molecule has 0 saturated carbocycles. The summed E-state index contributed by atoms with van der Waals surface area (Å²) in [5.41, 5.74) is 4.98. The Morgan fingerprint density at radius 3 is 2.40 bits per heavy atom. The summed E-state index contributed by atoms with van der Waals surface area (Å²) < 4.78 is 8.51. The smallest absolute Gasteiger partial charge is 0.223 e. The SMILES string of the molecule is CCc1cccc2c(C(CC(=O)N3CCCC3)c3cccc(Oc4ccccc4)c3)cn(CC)c12. The van der Waals surface area contributed by atoms with E-state index in [0.29, 0.717) is 6.42 Å². The van der Waals surface area contributed by atoms with Gasteiger partial charge in [0.25, 0.3) is 0 Å². The van der Waals surface area contributed by atoms with Gasteiger partial charge in [-0.3, -0.25) is 4.79 Å². The maximum absolute atomic E-state index is 13.4. The molecule has 5 rings (SSSR count). The van der Waals surface area contributed by atoms with Crippen LogP contribution in [-0.4, -0.2) is 28.5 Å². The monoisotopic (exact) mass is 466 g/mol. The topological polar surface area (TPSA) is 34.5 Å². The third kappa shape index (κ3) is 4.84. The van der Waals surface area contributed by atoms with Gasteiger partial charge < -0.3 is 14.2 Å². The van der Waals surface area contributed by atoms with E-state index in [-0.39, 0.29) is 11.8 Å². The lowest BCUT2D eigenvalue weighted by molar-refractivity contribution is -0.130. The number of amides is 1. The Morgan fingerprint density at radius 2 is 1.66 bits per heavy atom. The van der Waals surface area contributed by atoms with Crippen molar-refractivity contribution in [3.63, 3.8) is 0 Å². The number of rotatable bonds is 8. The molecular formula is C31H34N2O2. The van der Waals surface area contributed by atoms with E-state index in [1.807, 2.05) is 47.4 Å². The normalized spacial score (nSPS) is 14.4. The fourth-order valence-corrected chi connectivity index (χ4v) is 5.37. The molecule has 0 N–H and O–H groups in total. The van der Waals surface area contributed by atoms with Gasteiger partial charge in [0.2, 0.25) is 5.91 Å². The van der Waals surface area contributed by atoms with Crippen LogP contribution < -0.4 is 4.74 Å². The van der Waals surface area contributed by atoms with Crippen molar-refractivity contribution in [3.05, 3.63) is 95.7 Å². The van der Waals surface area contributed by atoms with Crippen LogP contribution in [0, 0.1) is 0 Å². The predicted molar refractivity (Wildman–Crippen MR) is 142 cm³/mol. The standard InChI is InChI=1S/C31H34N2O2/c1-3-23-12-11-17-27-29(22-32(4-2)31(23)27)28(21-30(34)33-18-8-9-19-33)24-13-10-16-26(20-24)35-25-14-6-5-7-15-25/h5-7,10-17,20,22,28H,3-4,8-9,18-19,21H2,1-2H3. The summed E-state index contributed by atoms with van der Waals surface area (Å²) >= 11 is 0. The van der Waals surface area contributed by atoms with E-state index in [2.05, 4.69) is 54.9 Å². The van der Waals surface area contributed by atoms with E-state index in [9.17, 15) is 4.79 Å². The summed E-state index contributed by atoms with van der Waals surface area (Å²) in [6.45, 7) is 7.05. The number of para-hydroxylation sites is 2. The summed E-state index contributed by atoms with van der Waals surface area (Å²) in [4.78, 5) is 15.4. The molecule has 1 amide bonds. The number of carbonyl (C=O) groups is 1. The molecule has 1 fully saturated rings. The van der Waals surface area contributed by atoms with Gasteiger partial charge in [-0.15, -0.1) is 0 Å². The number of aromatic nitrogens is 1. The van der Waals surface area contributed by atoms with Crippen LogP contribution in [0.4, 0.5) is 0 Å². The van der Waals surface area contributed by atoms with Crippen molar-refractivity contribution >= 4 is 16.8 Å². The van der Waals surface area contributed by atoms with Gasteiger partial charge in [0.05, 0.1) is 5.52 Å². The minimum absolute atomic E-state index is 0.0372. The van der Waals surface area contributed by atoms with Crippen molar-refractivity contribution in [3.8, 4) is 11.5 Å². The van der Waals surface area contributed by atoms with Gasteiger partial charge in [-0.25, -0.2) is 0 Å². The Kier molecular flexibility index (Phi) is 6.89. The van der Waals surface area contributed by atoms with E-state index in [1.54, 1.807) is 0 Å². The number of benzene rings is 3. The Hall–Kier alpha value is -3.53. The molecule has 4 nitrogen and oxygen atoms in total. The zero-order chi connectivity index (χ0) is 24.2. The minimum atomic E-state index is -0.0372. The molecule has 0 spiro atoms. The van der Waals surface area contributed by atoms with Gasteiger partial charge in [0, 0.05) is 43.6 Å². The molecule has 35 heavy (non-hydrogen) atoms. The number of hydrogen-bond acceptors (Lipinski definition) is 2. The van der Waals surface area contributed by atoms with Crippen molar-refractivity contribution in [1.82, 2.24) is 9.47 Å². The molecule has 1 aromatic heterocycles. The van der Waals surface area contributed by atoms with Crippen LogP contribution in [0.25, 0.3) is 10.9 Å². The number of aryl methyl sites for hydroxylation is 2. The average molecular weight is 467 g/mol. The van der Waals surface area contributed by atoms with Gasteiger partial charge in [0.1, 0.15) is 11.5 Å². The Labute approximate surface area is 208 Å². The molecule has 2 heterocycles. The zero-order valence-electron chi connectivity index (χ0n) is 20.7. The van der Waals surface area contributed by atoms with Crippen molar-refractivity contribution in [2.75, 3.05) is 13.1 Å². The Bertz CT molecular complexity index is 1300. The summed E-state index contributed by atoms with van der Waals surface area (Å²) in [5, 5.41) is 1.25. The molecule has 0 bridgehead atoms. The number of ether oxygens (including phenoxy) is 1. The van der Waals surface area contributed by atoms with E-state index in [1.165, 1.54) is 22.0 Å². The van der Waals surface area contributed by atoms with E-state index < -0.39 is 0 Å². The summed E-state index contributed by atoms with van der Waals surface area (Å²) in [6.07, 6.45) is 5.93. The first-order chi connectivity index (χ1) is 17.2. The lowest BCUT2D eigenvalue weighted by Crippen LogP contribution is -2.29.